The van der Waals surface area contributed by atoms with Crippen molar-refractivity contribution in [2.45, 2.75) is 31.8 Å². The van der Waals surface area contributed by atoms with Gasteiger partial charge in [-0.15, -0.1) is 0 Å². The Kier molecular flexibility index (Phi) is 6.38. The lowest BCUT2D eigenvalue weighted by Gasteiger charge is -2.35. The number of rotatable bonds is 6. The number of hydrogen-bond acceptors (Lipinski definition) is 4. The molecule has 0 spiro atoms. The Bertz CT molecular complexity index is 908. The van der Waals surface area contributed by atoms with Crippen LogP contribution < -0.4 is 10.1 Å². The number of ether oxygens (including phenoxy) is 1. The van der Waals surface area contributed by atoms with E-state index in [9.17, 15) is 17.6 Å². The van der Waals surface area contributed by atoms with Gasteiger partial charge in [0, 0.05) is 13.1 Å². The quantitative estimate of drug-likeness (QED) is 0.675. The zero-order valence-electron chi connectivity index (χ0n) is 15.3. The molecule has 2 heterocycles. The van der Waals surface area contributed by atoms with E-state index in [2.05, 4.69) is 5.32 Å². The summed E-state index contributed by atoms with van der Waals surface area (Å²) in [5.41, 5.74) is 0.407. The maximum Gasteiger partial charge on any atom is 0.270 e. The Balaban J connectivity index is 2.01. The molecule has 1 unspecified atom stereocenters. The van der Waals surface area contributed by atoms with Crippen molar-refractivity contribution in [3.05, 3.63) is 52.5 Å². The number of halogens is 2. The zero-order valence-corrected chi connectivity index (χ0v) is 17.7. The van der Waals surface area contributed by atoms with Crippen LogP contribution in [0.2, 0.25) is 0 Å². The molecular formula is C18H22ClFN2O4S2. The van der Waals surface area contributed by atoms with E-state index in [-0.39, 0.29) is 18.2 Å². The molecule has 0 aliphatic carbocycles. The summed E-state index contributed by atoms with van der Waals surface area (Å²) in [7, 11) is 0.936. The molecule has 1 aromatic carbocycles. The number of nitrogens with one attached hydrogen (secondary N) is 1. The summed E-state index contributed by atoms with van der Waals surface area (Å²) < 4.78 is 47.1. The standard InChI is InChI=1S/C18H22ClFN2O4S2/c1-26-17-8-7-14(12-15(17)20)13-22(16-6-2-3-9-21-18(16)23)28(24,25)27(19)10-4-5-11-27/h4-5,7-8,10-12,16H,2-3,6,9,13H2,1H3,(H,21,23). The average molecular weight is 449 g/mol. The lowest BCUT2D eigenvalue weighted by molar-refractivity contribution is -0.124. The Morgan fingerprint density at radius 3 is 2.68 bits per heavy atom. The SMILES string of the molecule is COc1ccc(CN(C2CCCCNC2=O)S(=O)(=O)S2(Cl)C=CC=C2)cc1F. The van der Waals surface area contributed by atoms with Gasteiger partial charge in [-0.3, -0.25) is 4.79 Å². The molecule has 154 valence electrons. The molecule has 1 amide bonds. The Morgan fingerprint density at radius 1 is 1.32 bits per heavy atom. The molecule has 1 aromatic rings. The Labute approximate surface area is 169 Å². The van der Waals surface area contributed by atoms with Gasteiger partial charge in [0.2, 0.25) is 5.91 Å². The Hall–Kier alpha value is -1.55. The maximum absolute atomic E-state index is 14.1. The lowest BCUT2D eigenvalue weighted by Crippen LogP contribution is -2.48. The van der Waals surface area contributed by atoms with E-state index in [0.717, 1.165) is 10.7 Å². The molecule has 0 bridgehead atoms. The predicted molar refractivity (Wildman–Crippen MR) is 110 cm³/mol. The first-order chi connectivity index (χ1) is 13.3. The number of amides is 1. The number of nitrogens with zero attached hydrogens (tertiary/aromatic N) is 1. The number of methoxy groups -OCH3 is 1. The second-order valence-electron chi connectivity index (χ2n) is 6.50. The fourth-order valence-electron chi connectivity index (χ4n) is 3.17. The van der Waals surface area contributed by atoms with Gasteiger partial charge in [0.1, 0.15) is 6.04 Å². The summed E-state index contributed by atoms with van der Waals surface area (Å²) in [6.45, 7) is 0.337. The molecule has 3 rings (SSSR count). The Morgan fingerprint density at radius 2 is 2.04 bits per heavy atom. The minimum absolute atomic E-state index is 0.0615. The van der Waals surface area contributed by atoms with Crippen molar-refractivity contribution in [1.29, 1.82) is 0 Å². The van der Waals surface area contributed by atoms with Gasteiger partial charge in [0.05, 0.1) is 7.11 Å². The van der Waals surface area contributed by atoms with Crippen molar-refractivity contribution in [2.24, 2.45) is 0 Å². The van der Waals surface area contributed by atoms with Crippen LogP contribution in [0.3, 0.4) is 0 Å². The van der Waals surface area contributed by atoms with Crippen LogP contribution in [0.25, 0.3) is 0 Å². The van der Waals surface area contributed by atoms with Crippen LogP contribution in [0.5, 0.6) is 5.75 Å². The van der Waals surface area contributed by atoms with E-state index in [0.29, 0.717) is 24.9 Å². The van der Waals surface area contributed by atoms with Gasteiger partial charge in [0.15, 0.2) is 11.6 Å². The second-order valence-corrected chi connectivity index (χ2v) is 14.5. The highest BCUT2D eigenvalue weighted by molar-refractivity contribution is 9.01. The molecule has 1 N–H and O–H groups in total. The number of allylic oxidation sites excluding steroid dienone is 2. The monoisotopic (exact) mass is 448 g/mol. The lowest BCUT2D eigenvalue weighted by atomic mass is 10.1. The van der Waals surface area contributed by atoms with Crippen LogP contribution in [0.1, 0.15) is 24.8 Å². The maximum atomic E-state index is 14.1. The third-order valence-corrected chi connectivity index (χ3v) is 12.5. The molecule has 28 heavy (non-hydrogen) atoms. The van der Waals surface area contributed by atoms with Gasteiger partial charge < -0.3 is 10.1 Å². The van der Waals surface area contributed by atoms with E-state index >= 15 is 0 Å². The molecule has 1 saturated heterocycles. The normalized spacial score (nSPS) is 22.7. The van der Waals surface area contributed by atoms with E-state index in [1.807, 2.05) is 0 Å². The van der Waals surface area contributed by atoms with E-state index in [1.165, 1.54) is 30.1 Å². The van der Waals surface area contributed by atoms with Crippen molar-refractivity contribution in [3.8, 4) is 5.75 Å². The summed E-state index contributed by atoms with van der Waals surface area (Å²) in [5, 5.41) is 5.65. The highest BCUT2D eigenvalue weighted by Gasteiger charge is 2.44. The molecule has 10 heteroatoms. The fourth-order valence-corrected chi connectivity index (χ4v) is 8.85. The molecule has 6 nitrogen and oxygen atoms in total. The van der Waals surface area contributed by atoms with Gasteiger partial charge in [-0.25, -0.2) is 12.8 Å². The number of carbonyl (C=O) groups is 1. The van der Waals surface area contributed by atoms with Crippen LogP contribution in [0.15, 0.2) is 41.2 Å². The average Bonchev–Trinajstić information content (AvgIpc) is 3.01. The summed E-state index contributed by atoms with van der Waals surface area (Å²) >= 11 is 0. The van der Waals surface area contributed by atoms with Crippen molar-refractivity contribution in [2.75, 3.05) is 13.7 Å². The molecular weight excluding hydrogens is 427 g/mol. The topological polar surface area (TPSA) is 75.7 Å². The number of benzene rings is 1. The first-order valence-electron chi connectivity index (χ1n) is 8.78. The molecule has 1 fully saturated rings. The van der Waals surface area contributed by atoms with E-state index in [1.54, 1.807) is 18.2 Å². The predicted octanol–water partition coefficient (Wildman–Crippen LogP) is 3.55. The molecule has 1 atom stereocenters. The van der Waals surface area contributed by atoms with Crippen molar-refractivity contribution in [1.82, 2.24) is 9.62 Å². The minimum atomic E-state index is -4.08. The largest absolute Gasteiger partial charge is 0.494 e. The molecule has 0 saturated carbocycles. The first-order valence-corrected chi connectivity index (χ1v) is 13.3. The van der Waals surface area contributed by atoms with Crippen LogP contribution in [-0.2, 0) is 20.4 Å². The smallest absolute Gasteiger partial charge is 0.270 e. The highest BCUT2D eigenvalue weighted by atomic mass is 35.8. The third-order valence-electron chi connectivity index (χ3n) is 4.66. The fraction of sp³-hybridized carbons (Fsp3) is 0.389. The minimum Gasteiger partial charge on any atom is -0.494 e. The van der Waals surface area contributed by atoms with Crippen LogP contribution in [-0.4, -0.2) is 38.3 Å². The molecule has 0 aromatic heterocycles. The van der Waals surface area contributed by atoms with Crippen LogP contribution in [0.4, 0.5) is 4.39 Å². The third kappa shape index (κ3) is 4.07. The summed E-state index contributed by atoms with van der Waals surface area (Å²) in [6.07, 6.45) is 5.01. The molecule has 2 aliphatic heterocycles. The summed E-state index contributed by atoms with van der Waals surface area (Å²) in [6, 6.07) is 3.33. The van der Waals surface area contributed by atoms with Gasteiger partial charge in [0.25, 0.3) is 9.06 Å². The highest BCUT2D eigenvalue weighted by Crippen LogP contribution is 2.65. The van der Waals surface area contributed by atoms with Crippen LogP contribution >= 0.6 is 19.0 Å². The molecule has 2 aliphatic rings. The molecule has 0 radical (unpaired) electrons. The van der Waals surface area contributed by atoms with Gasteiger partial charge >= 0.3 is 0 Å². The zero-order chi connectivity index (χ0) is 20.4. The van der Waals surface area contributed by atoms with Gasteiger partial charge in [-0.05, 0) is 66.7 Å². The second kappa shape index (κ2) is 8.44. The van der Waals surface area contributed by atoms with Crippen LogP contribution in [0, 0.1) is 5.82 Å². The van der Waals surface area contributed by atoms with Gasteiger partial charge in [-0.1, -0.05) is 18.2 Å². The van der Waals surface area contributed by atoms with E-state index < -0.39 is 29.2 Å². The van der Waals surface area contributed by atoms with Crippen molar-refractivity contribution < 1.29 is 22.3 Å². The summed E-state index contributed by atoms with van der Waals surface area (Å²) in [4.78, 5) is 12.6. The van der Waals surface area contributed by atoms with Crippen molar-refractivity contribution in [3.63, 3.8) is 0 Å². The number of hydrogen-bond donors (Lipinski definition) is 1. The number of carbonyl (C=O) groups excluding carboxylic acids is 1. The summed E-state index contributed by atoms with van der Waals surface area (Å²) in [5.74, 6) is -0.900. The van der Waals surface area contributed by atoms with E-state index in [4.69, 9.17) is 15.4 Å². The van der Waals surface area contributed by atoms with Gasteiger partial charge in [-0.2, -0.15) is 4.31 Å². The first kappa shape index (κ1) is 21.2. The van der Waals surface area contributed by atoms with Crippen molar-refractivity contribution >= 4 is 33.9 Å².